The average molecular weight is 417 g/mol. The van der Waals surface area contributed by atoms with Gasteiger partial charge in [-0.1, -0.05) is 37.1 Å². The second-order valence-electron chi connectivity index (χ2n) is 9.17. The zero-order chi connectivity index (χ0) is 21.3. The van der Waals surface area contributed by atoms with Crippen LogP contribution in [0.15, 0.2) is 61.1 Å². The van der Waals surface area contributed by atoms with Crippen molar-refractivity contribution < 1.29 is 5.11 Å². The molecule has 2 fully saturated rings. The molecule has 0 atom stereocenters. The number of benzene rings is 1. The van der Waals surface area contributed by atoms with Crippen LogP contribution >= 0.6 is 0 Å². The minimum Gasteiger partial charge on any atom is -0.385 e. The monoisotopic (exact) mass is 416 g/mol. The zero-order valence-corrected chi connectivity index (χ0v) is 18.4. The van der Waals surface area contributed by atoms with E-state index in [2.05, 4.69) is 69.1 Å². The van der Waals surface area contributed by atoms with Crippen molar-refractivity contribution >= 4 is 5.69 Å². The van der Waals surface area contributed by atoms with Gasteiger partial charge < -0.3 is 19.5 Å². The number of pyridine rings is 1. The Hall–Kier alpha value is -2.63. The van der Waals surface area contributed by atoms with Crippen LogP contribution in [0, 0.1) is 0 Å². The van der Waals surface area contributed by atoms with Gasteiger partial charge in [0.05, 0.1) is 5.60 Å². The number of likely N-dealkylation sites (N-methyl/N-ethyl adjacent to an activating group) is 1. The second kappa shape index (κ2) is 8.48. The van der Waals surface area contributed by atoms with E-state index in [-0.39, 0.29) is 0 Å². The van der Waals surface area contributed by atoms with Crippen LogP contribution in [0.1, 0.15) is 42.4 Å². The Morgan fingerprint density at radius 2 is 1.74 bits per heavy atom. The van der Waals surface area contributed by atoms with E-state index in [0.29, 0.717) is 0 Å². The largest absolute Gasteiger partial charge is 0.385 e. The predicted molar refractivity (Wildman–Crippen MR) is 125 cm³/mol. The predicted octanol–water partition coefficient (Wildman–Crippen LogP) is 3.98. The molecule has 0 spiro atoms. The Kier molecular flexibility index (Phi) is 5.55. The van der Waals surface area contributed by atoms with E-state index in [1.54, 1.807) is 0 Å². The van der Waals surface area contributed by atoms with E-state index in [9.17, 15) is 5.11 Å². The third-order valence-electron chi connectivity index (χ3n) is 6.96. The van der Waals surface area contributed by atoms with Gasteiger partial charge in [0.15, 0.2) is 0 Å². The molecule has 0 bridgehead atoms. The van der Waals surface area contributed by atoms with Crippen molar-refractivity contribution in [3.05, 3.63) is 77.7 Å². The van der Waals surface area contributed by atoms with E-state index < -0.39 is 5.60 Å². The summed E-state index contributed by atoms with van der Waals surface area (Å²) in [6.07, 6.45) is 10.9. The second-order valence-corrected chi connectivity index (χ2v) is 9.17. The number of hydrogen-bond acceptors (Lipinski definition) is 4. The topological polar surface area (TPSA) is 44.5 Å². The molecule has 1 aliphatic carbocycles. The van der Waals surface area contributed by atoms with Crippen molar-refractivity contribution in [1.82, 2.24) is 14.5 Å². The first-order valence-electron chi connectivity index (χ1n) is 11.5. The van der Waals surface area contributed by atoms with Crippen molar-refractivity contribution in [3.63, 3.8) is 0 Å². The van der Waals surface area contributed by atoms with E-state index in [4.69, 9.17) is 0 Å². The van der Waals surface area contributed by atoms with E-state index in [1.165, 1.54) is 16.8 Å². The lowest BCUT2D eigenvalue weighted by Crippen LogP contribution is -2.44. The number of piperazine rings is 1. The Labute approximate surface area is 185 Å². The Bertz CT molecular complexity index is 1010. The Morgan fingerprint density at radius 3 is 2.48 bits per heavy atom. The number of anilines is 1. The van der Waals surface area contributed by atoms with Crippen LogP contribution in [-0.2, 0) is 12.0 Å². The summed E-state index contributed by atoms with van der Waals surface area (Å²) in [5.41, 5.74) is 4.27. The van der Waals surface area contributed by atoms with Crippen molar-refractivity contribution in [2.24, 2.45) is 0 Å². The molecule has 31 heavy (non-hydrogen) atoms. The van der Waals surface area contributed by atoms with Crippen molar-refractivity contribution in [1.29, 1.82) is 0 Å². The van der Waals surface area contributed by atoms with Gasteiger partial charge in [-0.15, -0.1) is 0 Å². The van der Waals surface area contributed by atoms with Crippen LogP contribution in [-0.4, -0.2) is 52.8 Å². The number of aliphatic hydroxyl groups is 1. The molecule has 5 nitrogen and oxygen atoms in total. The van der Waals surface area contributed by atoms with Gasteiger partial charge in [-0.25, -0.2) is 4.98 Å². The van der Waals surface area contributed by atoms with Gasteiger partial charge in [-0.3, -0.25) is 0 Å². The molecule has 2 aromatic heterocycles. The summed E-state index contributed by atoms with van der Waals surface area (Å²) in [5, 5.41) is 10.8. The zero-order valence-electron chi connectivity index (χ0n) is 18.4. The number of rotatable bonds is 5. The van der Waals surface area contributed by atoms with Crippen LogP contribution in [0.2, 0.25) is 0 Å². The van der Waals surface area contributed by atoms with Crippen LogP contribution in [0.5, 0.6) is 0 Å². The van der Waals surface area contributed by atoms with Gasteiger partial charge in [0, 0.05) is 62.4 Å². The summed E-state index contributed by atoms with van der Waals surface area (Å²) in [4.78, 5) is 9.55. The van der Waals surface area contributed by atoms with E-state index >= 15 is 0 Å². The average Bonchev–Trinajstić information content (AvgIpc) is 3.45. The lowest BCUT2D eigenvalue weighted by Gasteiger charge is -2.35. The normalized spacial score (nSPS) is 19.1. The minimum absolute atomic E-state index is 0.680. The van der Waals surface area contributed by atoms with Crippen molar-refractivity contribution in [2.75, 3.05) is 38.1 Å². The molecule has 162 valence electrons. The quantitative estimate of drug-likeness (QED) is 0.683. The van der Waals surface area contributed by atoms with Crippen LogP contribution < -0.4 is 4.90 Å². The van der Waals surface area contributed by atoms with Crippen LogP contribution in [0.4, 0.5) is 5.69 Å². The molecular weight excluding hydrogens is 384 g/mol. The lowest BCUT2D eigenvalue weighted by atomic mass is 9.94. The number of aromatic nitrogens is 2. The smallest absolute Gasteiger partial charge is 0.136 e. The van der Waals surface area contributed by atoms with Gasteiger partial charge in [0.1, 0.15) is 5.82 Å². The maximum Gasteiger partial charge on any atom is 0.136 e. The summed E-state index contributed by atoms with van der Waals surface area (Å²) in [7, 11) is 2.20. The first kappa shape index (κ1) is 20.3. The van der Waals surface area contributed by atoms with Crippen molar-refractivity contribution in [2.45, 2.75) is 37.7 Å². The molecule has 1 saturated heterocycles. The van der Waals surface area contributed by atoms with Gasteiger partial charge >= 0.3 is 0 Å². The molecule has 3 heterocycles. The fourth-order valence-corrected chi connectivity index (χ4v) is 4.99. The molecule has 0 amide bonds. The summed E-state index contributed by atoms with van der Waals surface area (Å²) in [6.45, 7) is 4.39. The molecule has 5 heteroatoms. The molecule has 3 aromatic rings. The van der Waals surface area contributed by atoms with Gasteiger partial charge in [0.25, 0.3) is 0 Å². The van der Waals surface area contributed by atoms with Crippen LogP contribution in [0.25, 0.3) is 5.82 Å². The highest BCUT2D eigenvalue weighted by molar-refractivity contribution is 5.55. The number of para-hydroxylation sites is 1. The molecule has 5 rings (SSSR count). The molecule has 0 unspecified atom stereocenters. The van der Waals surface area contributed by atoms with E-state index in [1.807, 2.05) is 18.3 Å². The molecule has 1 N–H and O–H groups in total. The standard InChI is InChI=1S/C26H32N4O/c1-28-14-16-29(17-15-28)24-7-3-2-6-22(24)18-21-10-13-30(20-21)25-9-8-23(19-27-25)26(31)11-4-5-12-26/h2-3,6-10,13,19-20,31H,4-5,11-12,14-18H2,1H3. The summed E-state index contributed by atoms with van der Waals surface area (Å²) >= 11 is 0. The summed E-state index contributed by atoms with van der Waals surface area (Å²) < 4.78 is 2.08. The number of nitrogens with zero attached hydrogens (tertiary/aromatic N) is 4. The molecule has 0 radical (unpaired) electrons. The highest BCUT2D eigenvalue weighted by atomic mass is 16.3. The highest BCUT2D eigenvalue weighted by Gasteiger charge is 2.33. The van der Waals surface area contributed by atoms with Gasteiger partial charge in [0.2, 0.25) is 0 Å². The minimum atomic E-state index is -0.680. The fraction of sp³-hybridized carbons (Fsp3) is 0.423. The third-order valence-corrected chi connectivity index (χ3v) is 6.96. The molecule has 1 aliphatic heterocycles. The molecular formula is C26H32N4O. The molecule has 1 aromatic carbocycles. The van der Waals surface area contributed by atoms with E-state index in [0.717, 1.165) is 69.7 Å². The number of hydrogen-bond donors (Lipinski definition) is 1. The Morgan fingerprint density at radius 1 is 0.968 bits per heavy atom. The summed E-state index contributed by atoms with van der Waals surface area (Å²) in [6, 6.07) is 15.0. The van der Waals surface area contributed by atoms with Gasteiger partial charge in [-0.05, 0) is 49.2 Å². The summed E-state index contributed by atoms with van der Waals surface area (Å²) in [5.74, 6) is 0.893. The maximum absolute atomic E-state index is 10.8. The maximum atomic E-state index is 10.8. The first-order chi connectivity index (χ1) is 15.1. The fourth-order valence-electron chi connectivity index (χ4n) is 4.99. The first-order valence-corrected chi connectivity index (χ1v) is 11.5. The van der Waals surface area contributed by atoms with Crippen LogP contribution in [0.3, 0.4) is 0 Å². The van der Waals surface area contributed by atoms with Gasteiger partial charge in [-0.2, -0.15) is 0 Å². The lowest BCUT2D eigenvalue weighted by molar-refractivity contribution is 0.0441. The highest BCUT2D eigenvalue weighted by Crippen LogP contribution is 2.38. The molecule has 1 saturated carbocycles. The third kappa shape index (κ3) is 4.25. The SMILES string of the molecule is CN1CCN(c2ccccc2Cc2ccn(-c3ccc(C4(O)CCCC4)cn3)c2)CC1. The Balaban J connectivity index is 1.32. The molecule has 2 aliphatic rings. The van der Waals surface area contributed by atoms with Crippen molar-refractivity contribution in [3.8, 4) is 5.82 Å².